The van der Waals surface area contributed by atoms with Gasteiger partial charge in [-0.2, -0.15) is 0 Å². The van der Waals surface area contributed by atoms with E-state index in [9.17, 15) is 9.59 Å². The monoisotopic (exact) mass is 290 g/mol. The molecule has 2 saturated carbocycles. The van der Waals surface area contributed by atoms with Gasteiger partial charge in [0.15, 0.2) is 5.78 Å². The Kier molecular flexibility index (Phi) is 3.71. The summed E-state index contributed by atoms with van der Waals surface area (Å²) in [6.07, 6.45) is 6.86. The van der Waals surface area contributed by atoms with E-state index in [0.717, 1.165) is 44.1 Å². The molecule has 3 heteroatoms. The van der Waals surface area contributed by atoms with Crippen molar-refractivity contribution in [3.8, 4) is 0 Å². The Morgan fingerprint density at radius 2 is 2.05 bits per heavy atom. The Labute approximate surface area is 127 Å². The molecule has 2 fully saturated rings. The van der Waals surface area contributed by atoms with Gasteiger partial charge in [0.05, 0.1) is 0 Å². The number of fused-ring (bicyclic) bond motifs is 3. The van der Waals surface area contributed by atoms with Crippen molar-refractivity contribution >= 4 is 11.8 Å². The van der Waals surface area contributed by atoms with E-state index in [0.29, 0.717) is 24.0 Å². The fourth-order valence-electron chi connectivity index (χ4n) is 5.25. The third-order valence-corrected chi connectivity index (χ3v) is 6.26. The summed E-state index contributed by atoms with van der Waals surface area (Å²) in [5, 5.41) is 0. The Bertz CT molecular complexity index is 505. The molecule has 0 aliphatic heterocycles. The van der Waals surface area contributed by atoms with E-state index in [1.54, 1.807) is 0 Å². The molecule has 3 aliphatic carbocycles. The normalized spacial score (nSPS) is 39.0. The van der Waals surface area contributed by atoms with E-state index < -0.39 is 0 Å². The Balaban J connectivity index is 1.91. The van der Waals surface area contributed by atoms with Gasteiger partial charge in [-0.1, -0.05) is 19.4 Å². The molecule has 0 aromatic heterocycles. The molecular formula is C18H26O3. The number of esters is 1. The highest BCUT2D eigenvalue weighted by Gasteiger charge is 2.55. The molecule has 0 bridgehead atoms. The minimum atomic E-state index is -0.156. The summed E-state index contributed by atoms with van der Waals surface area (Å²) in [6, 6.07) is 0. The highest BCUT2D eigenvalue weighted by molar-refractivity contribution is 5.97. The lowest BCUT2D eigenvalue weighted by atomic mass is 9.58. The second-order valence-electron chi connectivity index (χ2n) is 7.21. The van der Waals surface area contributed by atoms with Gasteiger partial charge in [-0.25, -0.2) is 0 Å². The van der Waals surface area contributed by atoms with Gasteiger partial charge in [0, 0.05) is 18.8 Å². The second-order valence-corrected chi connectivity index (χ2v) is 7.21. The first-order valence-corrected chi connectivity index (χ1v) is 8.39. The smallest absolute Gasteiger partial charge is 0.302 e. The van der Waals surface area contributed by atoms with Gasteiger partial charge < -0.3 is 4.74 Å². The first kappa shape index (κ1) is 14.8. The third kappa shape index (κ3) is 2.25. The quantitative estimate of drug-likeness (QED) is 0.726. The Morgan fingerprint density at radius 3 is 2.71 bits per heavy atom. The van der Waals surface area contributed by atoms with Gasteiger partial charge in [0.25, 0.3) is 0 Å². The Morgan fingerprint density at radius 1 is 1.29 bits per heavy atom. The van der Waals surface area contributed by atoms with Crippen LogP contribution in [0.1, 0.15) is 65.7 Å². The summed E-state index contributed by atoms with van der Waals surface area (Å²) in [7, 11) is 0. The number of allylic oxidation sites excluding steroid dienone is 2. The number of hydrogen-bond donors (Lipinski definition) is 0. The van der Waals surface area contributed by atoms with Crippen LogP contribution in [0.15, 0.2) is 11.1 Å². The van der Waals surface area contributed by atoms with Crippen molar-refractivity contribution in [3.63, 3.8) is 0 Å². The zero-order valence-electron chi connectivity index (χ0n) is 13.4. The number of carbonyl (C=O) groups is 2. The molecule has 3 rings (SSSR count). The molecule has 0 heterocycles. The minimum absolute atomic E-state index is 0.0734. The summed E-state index contributed by atoms with van der Waals surface area (Å²) in [4.78, 5) is 23.5. The first-order valence-electron chi connectivity index (χ1n) is 8.39. The summed E-state index contributed by atoms with van der Waals surface area (Å²) in [6.45, 7) is 5.92. The van der Waals surface area contributed by atoms with Crippen LogP contribution in [0.2, 0.25) is 0 Å². The highest BCUT2D eigenvalue weighted by Crippen LogP contribution is 2.59. The molecule has 2 unspecified atom stereocenters. The van der Waals surface area contributed by atoms with E-state index >= 15 is 0 Å². The van der Waals surface area contributed by atoms with Gasteiger partial charge in [0.2, 0.25) is 0 Å². The molecule has 0 aromatic rings. The van der Waals surface area contributed by atoms with Crippen LogP contribution >= 0.6 is 0 Å². The summed E-state index contributed by atoms with van der Waals surface area (Å²) in [5.41, 5.74) is 2.67. The lowest BCUT2D eigenvalue weighted by Gasteiger charge is -2.47. The highest BCUT2D eigenvalue weighted by atomic mass is 16.5. The second kappa shape index (κ2) is 5.26. The average molecular weight is 290 g/mol. The van der Waals surface area contributed by atoms with E-state index in [-0.39, 0.29) is 17.5 Å². The van der Waals surface area contributed by atoms with Crippen LogP contribution in [-0.4, -0.2) is 17.9 Å². The molecule has 21 heavy (non-hydrogen) atoms. The van der Waals surface area contributed by atoms with Gasteiger partial charge in [-0.3, -0.25) is 9.59 Å². The minimum Gasteiger partial charge on any atom is -0.462 e. The molecule has 0 saturated heterocycles. The molecule has 0 amide bonds. The van der Waals surface area contributed by atoms with Gasteiger partial charge >= 0.3 is 5.97 Å². The zero-order valence-corrected chi connectivity index (χ0v) is 13.4. The molecule has 3 aliphatic rings. The van der Waals surface area contributed by atoms with E-state index in [1.807, 2.05) is 0 Å². The molecular weight excluding hydrogens is 264 g/mol. The molecule has 116 valence electrons. The van der Waals surface area contributed by atoms with Crippen molar-refractivity contribution in [3.05, 3.63) is 11.1 Å². The van der Waals surface area contributed by atoms with Crippen molar-refractivity contribution in [2.45, 2.75) is 71.8 Å². The fourth-order valence-corrected chi connectivity index (χ4v) is 5.25. The fraction of sp³-hybridized carbons (Fsp3) is 0.778. The maximum atomic E-state index is 12.1. The Hall–Kier alpha value is -1.12. The first-order chi connectivity index (χ1) is 9.97. The van der Waals surface area contributed by atoms with Crippen LogP contribution in [0.4, 0.5) is 0 Å². The van der Waals surface area contributed by atoms with Crippen molar-refractivity contribution in [2.75, 3.05) is 0 Å². The number of carbonyl (C=O) groups excluding carboxylic acids is 2. The number of hydrogen-bond acceptors (Lipinski definition) is 3. The molecule has 0 aromatic carbocycles. The van der Waals surface area contributed by atoms with Crippen LogP contribution in [0.25, 0.3) is 0 Å². The molecule has 3 nitrogen and oxygen atoms in total. The lowest BCUT2D eigenvalue weighted by Crippen LogP contribution is -2.43. The molecule has 0 radical (unpaired) electrons. The largest absolute Gasteiger partial charge is 0.462 e. The van der Waals surface area contributed by atoms with Gasteiger partial charge in [0.1, 0.15) is 6.10 Å². The summed E-state index contributed by atoms with van der Waals surface area (Å²) < 4.78 is 5.62. The lowest BCUT2D eigenvalue weighted by molar-refractivity contribution is -0.153. The van der Waals surface area contributed by atoms with Crippen molar-refractivity contribution in [1.82, 2.24) is 0 Å². The third-order valence-electron chi connectivity index (χ3n) is 6.26. The number of ketones is 1. The molecule has 4 atom stereocenters. The van der Waals surface area contributed by atoms with Crippen LogP contribution in [0, 0.1) is 17.3 Å². The standard InChI is InChI=1S/C18H26O3/c1-4-12-13-9-10-18(3)15(14(13)5-7-16(12)20)6-8-17(18)21-11(2)19/h14-15,17H,4-10H2,1-3H3/t14?,15?,17-,18-/m1/s1. The molecule has 0 N–H and O–H groups in total. The summed E-state index contributed by atoms with van der Waals surface area (Å²) >= 11 is 0. The number of ether oxygens (including phenoxy) is 1. The zero-order chi connectivity index (χ0) is 15.2. The van der Waals surface area contributed by atoms with Crippen LogP contribution in [0.5, 0.6) is 0 Å². The maximum Gasteiger partial charge on any atom is 0.302 e. The van der Waals surface area contributed by atoms with Gasteiger partial charge in [-0.05, 0) is 55.9 Å². The predicted molar refractivity (Wildman–Crippen MR) is 80.7 cm³/mol. The number of Topliss-reactive ketones (excluding diaryl/α,β-unsaturated/α-hetero) is 1. The topological polar surface area (TPSA) is 43.4 Å². The average Bonchev–Trinajstić information content (AvgIpc) is 2.75. The van der Waals surface area contributed by atoms with E-state index in [2.05, 4.69) is 13.8 Å². The van der Waals surface area contributed by atoms with Crippen LogP contribution < -0.4 is 0 Å². The SMILES string of the molecule is CCC1=C2CC[C@]3(C)C(CC[C@H]3OC(C)=O)C2CCC1=O. The van der Waals surface area contributed by atoms with E-state index in [1.165, 1.54) is 12.5 Å². The number of rotatable bonds is 2. The maximum absolute atomic E-state index is 12.1. The summed E-state index contributed by atoms with van der Waals surface area (Å²) in [5.74, 6) is 1.36. The van der Waals surface area contributed by atoms with Crippen molar-refractivity contribution < 1.29 is 14.3 Å². The van der Waals surface area contributed by atoms with Crippen LogP contribution in [-0.2, 0) is 14.3 Å². The molecule has 0 spiro atoms. The van der Waals surface area contributed by atoms with Gasteiger partial charge in [-0.15, -0.1) is 0 Å². The predicted octanol–water partition coefficient (Wildman–Crippen LogP) is 3.81. The van der Waals surface area contributed by atoms with Crippen molar-refractivity contribution in [2.24, 2.45) is 17.3 Å². The van der Waals surface area contributed by atoms with Crippen LogP contribution in [0.3, 0.4) is 0 Å². The van der Waals surface area contributed by atoms with E-state index in [4.69, 9.17) is 4.74 Å². The van der Waals surface area contributed by atoms with Crippen molar-refractivity contribution in [1.29, 1.82) is 0 Å².